The van der Waals surface area contributed by atoms with Gasteiger partial charge in [0.15, 0.2) is 25.1 Å². The highest BCUT2D eigenvalue weighted by molar-refractivity contribution is 5.62. The third-order valence-corrected chi connectivity index (χ3v) is 2.89. The van der Waals surface area contributed by atoms with Crippen molar-refractivity contribution in [3.63, 3.8) is 0 Å². The fraction of sp³-hybridized carbons (Fsp3) is 0.571. The van der Waals surface area contributed by atoms with Gasteiger partial charge in [0.05, 0.1) is 48.4 Å². The number of benzene rings is 1. The van der Waals surface area contributed by atoms with Crippen LogP contribution in [0.25, 0.3) is 0 Å². The Kier molecular flexibility index (Phi) is 9.86. The predicted molar refractivity (Wildman–Crippen MR) is 86.4 cm³/mol. The monoisotopic (exact) mass is 376 g/mol. The molecule has 12 nitrogen and oxygen atoms in total. The molecule has 1 aromatic rings. The van der Waals surface area contributed by atoms with Gasteiger partial charge in [0.1, 0.15) is 0 Å². The second-order valence-corrected chi connectivity index (χ2v) is 4.63. The Bertz CT molecular complexity index is 544. The van der Waals surface area contributed by atoms with Crippen molar-refractivity contribution in [3.05, 3.63) is 32.4 Å². The Morgan fingerprint density at radius 1 is 0.769 bits per heavy atom. The molecule has 26 heavy (non-hydrogen) atoms. The molecule has 0 unspecified atom stereocenters. The van der Waals surface area contributed by atoms with E-state index in [0.29, 0.717) is 13.2 Å². The lowest BCUT2D eigenvalue weighted by atomic mass is 10.2. The summed E-state index contributed by atoms with van der Waals surface area (Å²) in [6.07, 6.45) is 0. The van der Waals surface area contributed by atoms with Crippen LogP contribution in [0, 0.1) is 20.2 Å². The van der Waals surface area contributed by atoms with Crippen molar-refractivity contribution in [3.8, 4) is 11.5 Å². The Labute approximate surface area is 148 Å². The lowest BCUT2D eigenvalue weighted by Gasteiger charge is -2.13. The second-order valence-electron chi connectivity index (χ2n) is 4.63. The first kappa shape index (κ1) is 21.5. The number of hydrogen-bond acceptors (Lipinski definition) is 10. The minimum atomic E-state index is -0.879. The van der Waals surface area contributed by atoms with Gasteiger partial charge in [0.25, 0.3) is 0 Å². The zero-order valence-corrected chi connectivity index (χ0v) is 14.4. The molecule has 1 aromatic carbocycles. The third-order valence-electron chi connectivity index (χ3n) is 2.89. The highest BCUT2D eigenvalue weighted by Gasteiger charge is 2.28. The van der Waals surface area contributed by atoms with Crippen LogP contribution in [-0.4, -0.2) is 64.1 Å². The maximum Gasteiger partial charge on any atom is 0.350 e. The van der Waals surface area contributed by atoms with Crippen LogP contribution in [0.1, 0.15) is 0 Å². The number of nitro benzene ring substituents is 2. The minimum Gasteiger partial charge on any atom is -0.463 e. The van der Waals surface area contributed by atoms with Gasteiger partial charge in [-0.25, -0.2) is 0 Å². The largest absolute Gasteiger partial charge is 0.463 e. The highest BCUT2D eigenvalue weighted by atomic mass is 16.7. The molecular formula is C14H20N2O10. The fourth-order valence-electron chi connectivity index (χ4n) is 1.67. The molecule has 146 valence electrons. The molecule has 0 bridgehead atoms. The maximum absolute atomic E-state index is 11.1. The molecule has 0 radical (unpaired) electrons. The van der Waals surface area contributed by atoms with Gasteiger partial charge in [-0.15, -0.1) is 0 Å². The van der Waals surface area contributed by atoms with Crippen molar-refractivity contribution in [1.29, 1.82) is 0 Å². The summed E-state index contributed by atoms with van der Waals surface area (Å²) in [6.45, 7) is 0.642. The Balaban J connectivity index is 2.91. The van der Waals surface area contributed by atoms with Crippen molar-refractivity contribution >= 4 is 11.4 Å². The summed E-state index contributed by atoms with van der Waals surface area (Å²) in [5.41, 5.74) is -1.45. The molecule has 0 heterocycles. The number of methoxy groups -OCH3 is 2. The van der Waals surface area contributed by atoms with Crippen LogP contribution in [0.15, 0.2) is 12.1 Å². The number of rotatable bonds is 14. The van der Waals surface area contributed by atoms with E-state index in [9.17, 15) is 20.2 Å². The summed E-state index contributed by atoms with van der Waals surface area (Å²) in [7, 11) is 3.00. The number of nitro groups is 2. The van der Waals surface area contributed by atoms with Crippen molar-refractivity contribution < 1.29 is 38.3 Å². The molecular weight excluding hydrogens is 356 g/mol. The predicted octanol–water partition coefficient (Wildman–Crippen LogP) is 1.50. The fourth-order valence-corrected chi connectivity index (χ4v) is 1.67. The first-order valence-corrected chi connectivity index (χ1v) is 7.37. The SMILES string of the molecule is COCCOCOc1cc([N+](=O)[O-])c([N+](=O)[O-])cc1OCOCCOC. The molecule has 12 heteroatoms. The Morgan fingerprint density at radius 3 is 1.46 bits per heavy atom. The molecule has 0 spiro atoms. The molecule has 1 rings (SSSR count). The standard InChI is InChI=1S/C14H20N2O10/c1-21-3-5-23-9-25-13-7-11(15(17)18)12(16(19)20)8-14(13)26-10-24-6-4-22-2/h7-8H,3-6,9-10H2,1-2H3. The first-order chi connectivity index (χ1) is 12.5. The van der Waals surface area contributed by atoms with E-state index in [4.69, 9.17) is 28.4 Å². The van der Waals surface area contributed by atoms with Gasteiger partial charge < -0.3 is 28.4 Å². The lowest BCUT2D eigenvalue weighted by Crippen LogP contribution is -2.11. The summed E-state index contributed by atoms with van der Waals surface area (Å²) in [4.78, 5) is 20.4. The summed E-state index contributed by atoms with van der Waals surface area (Å²) in [6, 6.07) is 1.81. The summed E-state index contributed by atoms with van der Waals surface area (Å²) < 4.78 is 30.4. The molecule has 0 aromatic heterocycles. The smallest absolute Gasteiger partial charge is 0.350 e. The zero-order chi connectivity index (χ0) is 19.4. The molecule has 0 saturated carbocycles. The van der Waals surface area contributed by atoms with E-state index in [2.05, 4.69) is 0 Å². The van der Waals surface area contributed by atoms with Gasteiger partial charge in [-0.1, -0.05) is 0 Å². The third kappa shape index (κ3) is 7.14. The minimum absolute atomic E-state index is 0.0879. The molecule has 0 aliphatic heterocycles. The summed E-state index contributed by atoms with van der Waals surface area (Å²) in [5, 5.41) is 22.1. The number of hydrogen-bond donors (Lipinski definition) is 0. The van der Waals surface area contributed by atoms with Gasteiger partial charge in [-0.05, 0) is 0 Å². The quantitative estimate of drug-likeness (QED) is 0.203. The van der Waals surface area contributed by atoms with E-state index in [0.717, 1.165) is 12.1 Å². The van der Waals surface area contributed by atoms with Crippen molar-refractivity contribution in [2.75, 3.05) is 54.2 Å². The zero-order valence-electron chi connectivity index (χ0n) is 14.4. The summed E-state index contributed by atoms with van der Waals surface area (Å²) >= 11 is 0. The van der Waals surface area contributed by atoms with Crippen LogP contribution >= 0.6 is 0 Å². The van der Waals surface area contributed by atoms with E-state index < -0.39 is 21.2 Å². The highest BCUT2D eigenvalue weighted by Crippen LogP contribution is 2.39. The summed E-state index contributed by atoms with van der Waals surface area (Å²) in [5.74, 6) is -0.176. The van der Waals surface area contributed by atoms with Crippen LogP contribution in [0.4, 0.5) is 11.4 Å². The van der Waals surface area contributed by atoms with E-state index in [-0.39, 0.29) is 38.3 Å². The normalized spacial score (nSPS) is 10.5. The number of ether oxygens (including phenoxy) is 6. The second kappa shape index (κ2) is 11.9. The molecule has 0 saturated heterocycles. The first-order valence-electron chi connectivity index (χ1n) is 7.37. The molecule has 0 atom stereocenters. The van der Waals surface area contributed by atoms with Crippen LogP contribution in [0.2, 0.25) is 0 Å². The van der Waals surface area contributed by atoms with Crippen molar-refractivity contribution in [2.24, 2.45) is 0 Å². The van der Waals surface area contributed by atoms with Gasteiger partial charge in [-0.2, -0.15) is 0 Å². The average molecular weight is 376 g/mol. The van der Waals surface area contributed by atoms with Crippen LogP contribution in [0.3, 0.4) is 0 Å². The molecule has 0 N–H and O–H groups in total. The maximum atomic E-state index is 11.1. The molecule has 0 aliphatic rings. The van der Waals surface area contributed by atoms with Crippen molar-refractivity contribution in [2.45, 2.75) is 0 Å². The van der Waals surface area contributed by atoms with Gasteiger partial charge in [0.2, 0.25) is 0 Å². The average Bonchev–Trinajstić information content (AvgIpc) is 2.61. The van der Waals surface area contributed by atoms with E-state index >= 15 is 0 Å². The van der Waals surface area contributed by atoms with Crippen molar-refractivity contribution in [1.82, 2.24) is 0 Å². The molecule has 0 fully saturated rings. The Morgan fingerprint density at radius 2 is 1.15 bits per heavy atom. The number of nitrogens with zero attached hydrogens (tertiary/aromatic N) is 2. The lowest BCUT2D eigenvalue weighted by molar-refractivity contribution is -0.422. The Hall–Kier alpha value is -2.54. The van der Waals surface area contributed by atoms with Gasteiger partial charge in [0, 0.05) is 14.2 Å². The topological polar surface area (TPSA) is 142 Å². The van der Waals surface area contributed by atoms with E-state index in [1.54, 1.807) is 0 Å². The van der Waals surface area contributed by atoms with Crippen LogP contribution in [0.5, 0.6) is 11.5 Å². The molecule has 0 amide bonds. The van der Waals surface area contributed by atoms with Gasteiger partial charge >= 0.3 is 11.4 Å². The molecule has 0 aliphatic carbocycles. The van der Waals surface area contributed by atoms with Gasteiger partial charge in [-0.3, -0.25) is 20.2 Å². The van der Waals surface area contributed by atoms with Crippen LogP contribution < -0.4 is 9.47 Å². The van der Waals surface area contributed by atoms with E-state index in [1.165, 1.54) is 14.2 Å². The van der Waals surface area contributed by atoms with E-state index in [1.807, 2.05) is 0 Å². The van der Waals surface area contributed by atoms with Crippen LogP contribution in [-0.2, 0) is 18.9 Å².